The molecule has 24 heavy (non-hydrogen) atoms. The highest BCUT2D eigenvalue weighted by molar-refractivity contribution is 6.32. The van der Waals surface area contributed by atoms with Gasteiger partial charge in [-0.2, -0.15) is 4.98 Å². The Morgan fingerprint density at radius 2 is 1.83 bits per heavy atom. The second-order valence-electron chi connectivity index (χ2n) is 6.02. The first kappa shape index (κ1) is 18.1. The van der Waals surface area contributed by atoms with Gasteiger partial charge in [-0.25, -0.2) is 4.98 Å². The number of benzene rings is 1. The number of anilines is 2. The van der Waals surface area contributed by atoms with Gasteiger partial charge in [0.25, 0.3) is 0 Å². The quantitative estimate of drug-likeness (QED) is 0.800. The van der Waals surface area contributed by atoms with Crippen LogP contribution in [0.1, 0.15) is 39.2 Å². The molecule has 0 radical (unpaired) electrons. The van der Waals surface area contributed by atoms with E-state index in [-0.39, 0.29) is 17.8 Å². The molecule has 7 heteroatoms. The van der Waals surface area contributed by atoms with Gasteiger partial charge in [0.2, 0.25) is 5.95 Å². The fraction of sp³-hybridized carbons (Fsp3) is 0.412. The summed E-state index contributed by atoms with van der Waals surface area (Å²) in [6, 6.07) is 3.80. The van der Waals surface area contributed by atoms with Crippen molar-refractivity contribution in [1.29, 1.82) is 0 Å². The van der Waals surface area contributed by atoms with E-state index >= 15 is 0 Å². The summed E-state index contributed by atoms with van der Waals surface area (Å²) < 4.78 is 11.2. The number of aromatic nitrogens is 2. The summed E-state index contributed by atoms with van der Waals surface area (Å²) in [7, 11) is 1.58. The van der Waals surface area contributed by atoms with E-state index in [1.54, 1.807) is 19.4 Å². The minimum atomic E-state index is 0.212. The molecule has 0 amide bonds. The molecule has 0 unspecified atom stereocenters. The van der Waals surface area contributed by atoms with Gasteiger partial charge >= 0.3 is 0 Å². The zero-order chi connectivity index (χ0) is 17.9. The van der Waals surface area contributed by atoms with Crippen molar-refractivity contribution < 1.29 is 9.47 Å². The standard InChI is InChI=1S/C17H23ClN4O2/c1-9(2)11-6-14(23-5)12(18)7-13(11)24-15-8-20-17(21-10(3)4)22-16(15)19/h6-10H,1-5H3,(H3,19,20,21,22). The van der Waals surface area contributed by atoms with Crippen LogP contribution in [-0.2, 0) is 0 Å². The summed E-state index contributed by atoms with van der Waals surface area (Å²) >= 11 is 6.22. The van der Waals surface area contributed by atoms with Crippen molar-refractivity contribution >= 4 is 23.4 Å². The lowest BCUT2D eigenvalue weighted by molar-refractivity contribution is 0.411. The Kier molecular flexibility index (Phi) is 5.72. The number of hydrogen-bond donors (Lipinski definition) is 2. The highest BCUT2D eigenvalue weighted by atomic mass is 35.5. The molecule has 0 spiro atoms. The van der Waals surface area contributed by atoms with E-state index in [0.717, 1.165) is 5.56 Å². The second kappa shape index (κ2) is 7.57. The molecule has 6 nitrogen and oxygen atoms in total. The van der Waals surface area contributed by atoms with E-state index in [0.29, 0.717) is 28.2 Å². The average molecular weight is 351 g/mol. The lowest BCUT2D eigenvalue weighted by Gasteiger charge is -2.17. The van der Waals surface area contributed by atoms with Crippen molar-refractivity contribution in [3.63, 3.8) is 0 Å². The molecule has 1 heterocycles. The zero-order valence-corrected chi connectivity index (χ0v) is 15.3. The van der Waals surface area contributed by atoms with Crippen LogP contribution < -0.4 is 20.5 Å². The van der Waals surface area contributed by atoms with Crippen LogP contribution in [0, 0.1) is 0 Å². The van der Waals surface area contributed by atoms with Gasteiger partial charge in [-0.1, -0.05) is 25.4 Å². The van der Waals surface area contributed by atoms with Crippen LogP contribution >= 0.6 is 11.6 Å². The molecule has 0 aliphatic carbocycles. The molecule has 1 aromatic carbocycles. The summed E-state index contributed by atoms with van der Waals surface area (Å²) in [5.41, 5.74) is 6.95. The molecule has 0 atom stereocenters. The van der Waals surface area contributed by atoms with Crippen LogP contribution in [0.2, 0.25) is 5.02 Å². The van der Waals surface area contributed by atoms with Gasteiger partial charge in [-0.15, -0.1) is 0 Å². The Morgan fingerprint density at radius 1 is 1.12 bits per heavy atom. The molecule has 0 bridgehead atoms. The molecule has 1 aromatic heterocycles. The molecule has 0 aliphatic heterocycles. The lowest BCUT2D eigenvalue weighted by atomic mass is 10.0. The third-order valence-corrected chi connectivity index (χ3v) is 3.62. The Bertz CT molecular complexity index is 720. The van der Waals surface area contributed by atoms with E-state index in [1.807, 2.05) is 19.9 Å². The molecule has 0 aliphatic rings. The van der Waals surface area contributed by atoms with Gasteiger partial charge in [0.05, 0.1) is 18.3 Å². The third kappa shape index (κ3) is 4.20. The maximum Gasteiger partial charge on any atom is 0.225 e. The number of nitrogens with zero attached hydrogens (tertiary/aromatic N) is 2. The van der Waals surface area contributed by atoms with Crippen LogP contribution in [0.25, 0.3) is 0 Å². The first-order valence-electron chi connectivity index (χ1n) is 7.76. The van der Waals surface area contributed by atoms with Crippen molar-refractivity contribution in [2.24, 2.45) is 0 Å². The lowest BCUT2D eigenvalue weighted by Crippen LogP contribution is -2.13. The third-order valence-electron chi connectivity index (χ3n) is 3.33. The van der Waals surface area contributed by atoms with E-state index in [9.17, 15) is 0 Å². The summed E-state index contributed by atoms with van der Waals surface area (Å²) in [4.78, 5) is 8.43. The Hall–Kier alpha value is -2.21. The molecule has 2 rings (SSSR count). The number of halogens is 1. The molecule has 2 aromatic rings. The van der Waals surface area contributed by atoms with Gasteiger partial charge in [0, 0.05) is 17.7 Å². The highest BCUT2D eigenvalue weighted by Crippen LogP contribution is 2.39. The maximum atomic E-state index is 6.22. The average Bonchev–Trinajstić information content (AvgIpc) is 2.49. The number of nitrogens with one attached hydrogen (secondary N) is 1. The summed E-state index contributed by atoms with van der Waals surface area (Å²) in [5.74, 6) is 2.54. The second-order valence-corrected chi connectivity index (χ2v) is 6.43. The number of nitrogens with two attached hydrogens (primary N) is 1. The minimum absolute atomic E-state index is 0.212. The predicted molar refractivity (Wildman–Crippen MR) is 97.4 cm³/mol. The van der Waals surface area contributed by atoms with Gasteiger partial charge in [-0.3, -0.25) is 0 Å². The Labute approximate surface area is 147 Å². The number of nitrogen functional groups attached to an aromatic ring is 1. The first-order chi connectivity index (χ1) is 11.3. The van der Waals surface area contributed by atoms with Crippen molar-refractivity contribution in [3.8, 4) is 17.2 Å². The highest BCUT2D eigenvalue weighted by Gasteiger charge is 2.16. The van der Waals surface area contributed by atoms with Crippen molar-refractivity contribution in [2.75, 3.05) is 18.2 Å². The summed E-state index contributed by atoms with van der Waals surface area (Å²) in [6.45, 7) is 8.12. The number of rotatable bonds is 6. The maximum absolute atomic E-state index is 6.22. The van der Waals surface area contributed by atoms with E-state index in [1.165, 1.54) is 0 Å². The Morgan fingerprint density at radius 3 is 2.38 bits per heavy atom. The van der Waals surface area contributed by atoms with Gasteiger partial charge in [0.15, 0.2) is 11.6 Å². The zero-order valence-electron chi connectivity index (χ0n) is 14.6. The number of methoxy groups -OCH3 is 1. The minimum Gasteiger partial charge on any atom is -0.495 e. The van der Waals surface area contributed by atoms with Crippen LogP contribution in [0.4, 0.5) is 11.8 Å². The number of ether oxygens (including phenoxy) is 2. The van der Waals surface area contributed by atoms with Crippen LogP contribution in [-0.4, -0.2) is 23.1 Å². The monoisotopic (exact) mass is 350 g/mol. The predicted octanol–water partition coefficient (Wildman–Crippen LogP) is 4.46. The molecule has 0 saturated carbocycles. The van der Waals surface area contributed by atoms with E-state index in [4.69, 9.17) is 26.8 Å². The van der Waals surface area contributed by atoms with E-state index in [2.05, 4.69) is 29.1 Å². The summed E-state index contributed by atoms with van der Waals surface area (Å²) in [5, 5.41) is 3.56. The first-order valence-corrected chi connectivity index (χ1v) is 8.14. The molecule has 3 N–H and O–H groups in total. The topological polar surface area (TPSA) is 82.3 Å². The smallest absolute Gasteiger partial charge is 0.225 e. The fourth-order valence-electron chi connectivity index (χ4n) is 2.16. The van der Waals surface area contributed by atoms with Crippen molar-refractivity contribution in [1.82, 2.24) is 9.97 Å². The van der Waals surface area contributed by atoms with Crippen LogP contribution in [0.15, 0.2) is 18.3 Å². The van der Waals surface area contributed by atoms with Crippen LogP contribution in [0.3, 0.4) is 0 Å². The van der Waals surface area contributed by atoms with Gasteiger partial charge in [-0.05, 0) is 25.8 Å². The van der Waals surface area contributed by atoms with Crippen molar-refractivity contribution in [3.05, 3.63) is 28.9 Å². The fourth-order valence-corrected chi connectivity index (χ4v) is 2.39. The van der Waals surface area contributed by atoms with Gasteiger partial charge < -0.3 is 20.5 Å². The Balaban J connectivity index is 2.35. The molecule has 130 valence electrons. The molecular weight excluding hydrogens is 328 g/mol. The largest absolute Gasteiger partial charge is 0.495 e. The molecule has 0 fully saturated rings. The SMILES string of the molecule is COc1cc(C(C)C)c(Oc2cnc(NC(C)C)nc2N)cc1Cl. The van der Waals surface area contributed by atoms with E-state index < -0.39 is 0 Å². The molecular formula is C17H23ClN4O2. The van der Waals surface area contributed by atoms with Crippen molar-refractivity contribution in [2.45, 2.75) is 39.7 Å². The summed E-state index contributed by atoms with van der Waals surface area (Å²) in [6.07, 6.45) is 1.55. The normalized spacial score (nSPS) is 11.0. The molecule has 0 saturated heterocycles. The van der Waals surface area contributed by atoms with Crippen LogP contribution in [0.5, 0.6) is 17.2 Å². The van der Waals surface area contributed by atoms with Gasteiger partial charge in [0.1, 0.15) is 11.5 Å². The number of hydrogen-bond acceptors (Lipinski definition) is 6.